The van der Waals surface area contributed by atoms with Crippen LogP contribution < -0.4 is 0 Å². The first-order chi connectivity index (χ1) is 6.25. The maximum absolute atomic E-state index is 8.45. The Morgan fingerprint density at radius 3 is 2.77 bits per heavy atom. The molecule has 1 aromatic rings. The van der Waals surface area contributed by atoms with Crippen LogP contribution in [0.5, 0.6) is 0 Å². The van der Waals surface area contributed by atoms with Crippen molar-refractivity contribution in [1.82, 2.24) is 0 Å². The van der Waals surface area contributed by atoms with Crippen LogP contribution in [-0.2, 0) is 0 Å². The van der Waals surface area contributed by atoms with Crippen LogP contribution in [0.25, 0.3) is 0 Å². The summed E-state index contributed by atoms with van der Waals surface area (Å²) in [4.78, 5) is 0. The fourth-order valence-corrected chi connectivity index (χ4v) is 1.63. The summed E-state index contributed by atoms with van der Waals surface area (Å²) in [5.41, 5.74) is 1.14. The molecule has 0 radical (unpaired) electrons. The summed E-state index contributed by atoms with van der Waals surface area (Å²) in [6.07, 6.45) is 1.46. The Labute approximate surface area is 84.0 Å². The first-order valence-corrected chi connectivity index (χ1v) is 4.75. The monoisotopic (exact) mass is 193 g/mol. The first kappa shape index (κ1) is 10.1. The third-order valence-electron chi connectivity index (χ3n) is 2.13. The predicted molar refractivity (Wildman–Crippen MR) is 54.7 cm³/mol. The van der Waals surface area contributed by atoms with Crippen molar-refractivity contribution in [3.63, 3.8) is 0 Å². The molecule has 1 unspecified atom stereocenters. The molecule has 0 spiro atoms. The van der Waals surface area contributed by atoms with Gasteiger partial charge in [0.2, 0.25) is 0 Å². The summed E-state index contributed by atoms with van der Waals surface area (Å²) in [6.45, 7) is 2.10. The Balaban J connectivity index is 2.72. The topological polar surface area (TPSA) is 23.8 Å². The van der Waals surface area contributed by atoms with E-state index in [1.54, 1.807) is 0 Å². The van der Waals surface area contributed by atoms with Crippen molar-refractivity contribution >= 4 is 11.6 Å². The molecule has 1 atom stereocenters. The molecule has 0 heterocycles. The van der Waals surface area contributed by atoms with Crippen LogP contribution in [0.15, 0.2) is 24.3 Å². The van der Waals surface area contributed by atoms with E-state index < -0.39 is 0 Å². The molecule has 1 rings (SSSR count). The zero-order valence-electron chi connectivity index (χ0n) is 7.63. The van der Waals surface area contributed by atoms with Gasteiger partial charge in [-0.2, -0.15) is 5.26 Å². The van der Waals surface area contributed by atoms with E-state index in [9.17, 15) is 0 Å². The Morgan fingerprint density at radius 1 is 1.46 bits per heavy atom. The number of halogens is 1. The molecule has 0 saturated heterocycles. The zero-order valence-corrected chi connectivity index (χ0v) is 8.38. The molecule has 2 heteroatoms. The number of rotatable bonds is 3. The molecule has 1 aromatic carbocycles. The number of hydrogen-bond acceptors (Lipinski definition) is 1. The van der Waals surface area contributed by atoms with Crippen molar-refractivity contribution in [1.29, 1.82) is 5.26 Å². The lowest BCUT2D eigenvalue weighted by Crippen LogP contribution is -1.93. The Bertz CT molecular complexity index is 314. The summed E-state index contributed by atoms with van der Waals surface area (Å²) in [5, 5.41) is 9.25. The van der Waals surface area contributed by atoms with E-state index in [1.165, 1.54) is 0 Å². The number of hydrogen-bond donors (Lipinski definition) is 0. The minimum Gasteiger partial charge on any atom is -0.198 e. The highest BCUT2D eigenvalue weighted by molar-refractivity contribution is 6.31. The molecule has 0 N–H and O–H groups in total. The number of nitriles is 1. The van der Waals surface area contributed by atoms with Crippen LogP contribution in [-0.4, -0.2) is 0 Å². The summed E-state index contributed by atoms with van der Waals surface area (Å²) in [7, 11) is 0. The smallest absolute Gasteiger partial charge is 0.0621 e. The van der Waals surface area contributed by atoms with Gasteiger partial charge in [0.1, 0.15) is 0 Å². The largest absolute Gasteiger partial charge is 0.198 e. The van der Waals surface area contributed by atoms with E-state index in [4.69, 9.17) is 16.9 Å². The number of benzene rings is 1. The Morgan fingerprint density at radius 2 is 2.15 bits per heavy atom. The van der Waals surface area contributed by atoms with Crippen LogP contribution in [0.1, 0.15) is 31.2 Å². The highest BCUT2D eigenvalue weighted by Gasteiger charge is 2.07. The molecule has 0 bridgehead atoms. The molecule has 0 amide bonds. The van der Waals surface area contributed by atoms with E-state index in [0.29, 0.717) is 12.3 Å². The zero-order chi connectivity index (χ0) is 9.68. The van der Waals surface area contributed by atoms with Gasteiger partial charge in [-0.3, -0.25) is 0 Å². The van der Waals surface area contributed by atoms with Gasteiger partial charge in [0.25, 0.3) is 0 Å². The van der Waals surface area contributed by atoms with E-state index in [0.717, 1.165) is 17.0 Å². The van der Waals surface area contributed by atoms with Gasteiger partial charge in [0.15, 0.2) is 0 Å². The second-order valence-corrected chi connectivity index (χ2v) is 3.53. The molecule has 0 aliphatic carbocycles. The molecular weight excluding hydrogens is 182 g/mol. The lowest BCUT2D eigenvalue weighted by atomic mass is 9.97. The van der Waals surface area contributed by atoms with Gasteiger partial charge in [-0.15, -0.1) is 0 Å². The van der Waals surface area contributed by atoms with Crippen molar-refractivity contribution in [2.24, 2.45) is 0 Å². The predicted octanol–water partition coefficient (Wildman–Crippen LogP) is 3.75. The molecule has 0 aliphatic heterocycles. The lowest BCUT2D eigenvalue weighted by molar-refractivity contribution is 0.695. The van der Waals surface area contributed by atoms with E-state index >= 15 is 0 Å². The van der Waals surface area contributed by atoms with Crippen LogP contribution >= 0.6 is 11.6 Å². The quantitative estimate of drug-likeness (QED) is 0.718. The highest BCUT2D eigenvalue weighted by Crippen LogP contribution is 2.26. The SMILES string of the molecule is CC(CCC#N)c1ccccc1Cl. The molecular formula is C11H12ClN. The maximum Gasteiger partial charge on any atom is 0.0621 e. The van der Waals surface area contributed by atoms with E-state index in [2.05, 4.69) is 13.0 Å². The Hall–Kier alpha value is -1.00. The van der Waals surface area contributed by atoms with Crippen molar-refractivity contribution in [2.75, 3.05) is 0 Å². The standard InChI is InChI=1S/C11H12ClN/c1-9(5-4-8-13)10-6-2-3-7-11(10)12/h2-3,6-7,9H,4-5H2,1H3. The van der Waals surface area contributed by atoms with Crippen molar-refractivity contribution < 1.29 is 0 Å². The van der Waals surface area contributed by atoms with Gasteiger partial charge in [-0.25, -0.2) is 0 Å². The van der Waals surface area contributed by atoms with Crippen molar-refractivity contribution in [3.8, 4) is 6.07 Å². The van der Waals surface area contributed by atoms with Crippen LogP contribution in [0.2, 0.25) is 5.02 Å². The van der Waals surface area contributed by atoms with Crippen LogP contribution in [0.4, 0.5) is 0 Å². The van der Waals surface area contributed by atoms with Gasteiger partial charge in [-0.1, -0.05) is 36.7 Å². The average molecular weight is 194 g/mol. The molecule has 0 aromatic heterocycles. The molecule has 1 nitrogen and oxygen atoms in total. The van der Waals surface area contributed by atoms with Crippen LogP contribution in [0.3, 0.4) is 0 Å². The van der Waals surface area contributed by atoms with Gasteiger partial charge in [0.05, 0.1) is 6.07 Å². The summed E-state index contributed by atoms with van der Waals surface area (Å²) >= 11 is 6.02. The minimum absolute atomic E-state index is 0.369. The normalized spacial score (nSPS) is 12.1. The second kappa shape index (κ2) is 4.89. The minimum atomic E-state index is 0.369. The molecule has 13 heavy (non-hydrogen) atoms. The van der Waals surface area contributed by atoms with E-state index in [-0.39, 0.29) is 0 Å². The highest BCUT2D eigenvalue weighted by atomic mass is 35.5. The van der Waals surface area contributed by atoms with Gasteiger partial charge < -0.3 is 0 Å². The second-order valence-electron chi connectivity index (χ2n) is 3.12. The summed E-state index contributed by atoms with van der Waals surface area (Å²) in [6, 6.07) is 9.95. The Kier molecular flexibility index (Phi) is 3.79. The number of nitrogens with zero attached hydrogens (tertiary/aromatic N) is 1. The average Bonchev–Trinajstić information content (AvgIpc) is 2.15. The molecule has 0 aliphatic rings. The third-order valence-corrected chi connectivity index (χ3v) is 2.47. The van der Waals surface area contributed by atoms with Gasteiger partial charge in [0, 0.05) is 11.4 Å². The lowest BCUT2D eigenvalue weighted by Gasteiger charge is -2.10. The van der Waals surface area contributed by atoms with Crippen LogP contribution in [0, 0.1) is 11.3 Å². The van der Waals surface area contributed by atoms with Gasteiger partial charge >= 0.3 is 0 Å². The fourth-order valence-electron chi connectivity index (χ4n) is 1.31. The van der Waals surface area contributed by atoms with Gasteiger partial charge in [-0.05, 0) is 24.0 Å². The molecule has 0 saturated carbocycles. The van der Waals surface area contributed by atoms with E-state index in [1.807, 2.05) is 24.3 Å². The van der Waals surface area contributed by atoms with Crippen molar-refractivity contribution in [2.45, 2.75) is 25.7 Å². The first-order valence-electron chi connectivity index (χ1n) is 4.37. The summed E-state index contributed by atoms with van der Waals surface area (Å²) in [5.74, 6) is 0.369. The fraction of sp³-hybridized carbons (Fsp3) is 0.364. The van der Waals surface area contributed by atoms with Crippen molar-refractivity contribution in [3.05, 3.63) is 34.9 Å². The maximum atomic E-state index is 8.45. The summed E-state index contributed by atoms with van der Waals surface area (Å²) < 4.78 is 0. The molecule has 0 fully saturated rings. The molecule has 68 valence electrons. The third kappa shape index (κ3) is 2.75.